The summed E-state index contributed by atoms with van der Waals surface area (Å²) in [7, 11) is 0. The number of hydrogen-bond acceptors (Lipinski definition) is 3. The standard InChI is InChI=1S/C15H21NO3/c17-14(19-11-13-7-3-1-4-8-13)16-12-15(18)9-5-2-6-10-15/h1,3-4,7-8,18H,2,5-6,9-12H2,(H,16,17). The summed E-state index contributed by atoms with van der Waals surface area (Å²) in [6.07, 6.45) is 4.26. The molecule has 0 spiro atoms. The first-order chi connectivity index (χ1) is 9.18. The monoisotopic (exact) mass is 263 g/mol. The van der Waals surface area contributed by atoms with E-state index in [4.69, 9.17) is 4.74 Å². The largest absolute Gasteiger partial charge is 0.445 e. The second-order valence-corrected chi connectivity index (χ2v) is 5.20. The third-order valence-electron chi connectivity index (χ3n) is 3.56. The topological polar surface area (TPSA) is 58.6 Å². The van der Waals surface area contributed by atoms with Gasteiger partial charge >= 0.3 is 6.09 Å². The summed E-state index contributed by atoms with van der Waals surface area (Å²) in [5.74, 6) is 0. The van der Waals surface area contributed by atoms with Gasteiger partial charge in [-0.05, 0) is 18.4 Å². The van der Waals surface area contributed by atoms with Crippen molar-refractivity contribution in [3.05, 3.63) is 35.9 Å². The fraction of sp³-hybridized carbons (Fsp3) is 0.533. The molecule has 0 aromatic heterocycles. The number of nitrogens with one attached hydrogen (secondary N) is 1. The number of aliphatic hydroxyl groups is 1. The van der Waals surface area contributed by atoms with Crippen LogP contribution in [0, 0.1) is 0 Å². The molecule has 1 amide bonds. The number of hydrogen-bond donors (Lipinski definition) is 2. The van der Waals surface area contributed by atoms with Crippen molar-refractivity contribution in [2.45, 2.75) is 44.3 Å². The number of alkyl carbamates (subject to hydrolysis) is 1. The van der Waals surface area contributed by atoms with Crippen LogP contribution in [0.4, 0.5) is 4.79 Å². The molecule has 1 fully saturated rings. The van der Waals surface area contributed by atoms with E-state index in [-0.39, 0.29) is 13.2 Å². The average molecular weight is 263 g/mol. The minimum absolute atomic E-state index is 0.255. The molecule has 1 aromatic rings. The first-order valence-corrected chi connectivity index (χ1v) is 6.85. The molecule has 0 unspecified atom stereocenters. The molecule has 4 heteroatoms. The quantitative estimate of drug-likeness (QED) is 0.878. The molecule has 19 heavy (non-hydrogen) atoms. The Hall–Kier alpha value is -1.55. The van der Waals surface area contributed by atoms with Gasteiger partial charge < -0.3 is 15.2 Å². The van der Waals surface area contributed by atoms with Gasteiger partial charge in [-0.2, -0.15) is 0 Å². The molecule has 104 valence electrons. The Labute approximate surface area is 113 Å². The minimum atomic E-state index is -0.746. The number of rotatable bonds is 4. The minimum Gasteiger partial charge on any atom is -0.445 e. The van der Waals surface area contributed by atoms with Crippen molar-refractivity contribution in [1.82, 2.24) is 5.32 Å². The van der Waals surface area contributed by atoms with Crippen LogP contribution in [0.2, 0.25) is 0 Å². The van der Waals surface area contributed by atoms with Gasteiger partial charge in [0, 0.05) is 6.54 Å². The van der Waals surface area contributed by atoms with Gasteiger partial charge in [-0.1, -0.05) is 49.6 Å². The normalized spacial score (nSPS) is 17.7. The van der Waals surface area contributed by atoms with Crippen LogP contribution in [-0.2, 0) is 11.3 Å². The average Bonchev–Trinajstić information content (AvgIpc) is 2.45. The second-order valence-electron chi connectivity index (χ2n) is 5.20. The van der Waals surface area contributed by atoms with Crippen molar-refractivity contribution in [1.29, 1.82) is 0 Å². The zero-order chi connectivity index (χ0) is 13.6. The maximum absolute atomic E-state index is 11.6. The van der Waals surface area contributed by atoms with E-state index in [0.717, 1.165) is 31.2 Å². The molecule has 1 saturated carbocycles. The van der Waals surface area contributed by atoms with Crippen LogP contribution in [0.3, 0.4) is 0 Å². The van der Waals surface area contributed by atoms with Crippen LogP contribution < -0.4 is 5.32 Å². The van der Waals surface area contributed by atoms with Crippen molar-refractivity contribution in [3.63, 3.8) is 0 Å². The zero-order valence-corrected chi connectivity index (χ0v) is 11.1. The van der Waals surface area contributed by atoms with Crippen molar-refractivity contribution < 1.29 is 14.6 Å². The SMILES string of the molecule is O=C(NCC1(O)CCCCC1)OCc1ccccc1. The van der Waals surface area contributed by atoms with Gasteiger partial charge in [0.15, 0.2) is 0 Å². The molecule has 1 aliphatic rings. The van der Waals surface area contributed by atoms with Crippen LogP contribution in [0.15, 0.2) is 30.3 Å². The van der Waals surface area contributed by atoms with Crippen molar-refractivity contribution in [2.75, 3.05) is 6.54 Å². The molecule has 1 aromatic carbocycles. The van der Waals surface area contributed by atoms with E-state index in [1.807, 2.05) is 30.3 Å². The molecule has 0 aliphatic heterocycles. The summed E-state index contributed by atoms with van der Waals surface area (Å²) in [4.78, 5) is 11.6. The molecule has 2 N–H and O–H groups in total. The maximum Gasteiger partial charge on any atom is 0.407 e. The van der Waals surface area contributed by atoms with Gasteiger partial charge in [-0.3, -0.25) is 0 Å². The third-order valence-corrected chi connectivity index (χ3v) is 3.56. The molecule has 0 radical (unpaired) electrons. The Kier molecular flexibility index (Phi) is 4.80. The number of benzene rings is 1. The molecule has 0 atom stereocenters. The van der Waals surface area contributed by atoms with Gasteiger partial charge in [0.1, 0.15) is 6.61 Å². The summed E-state index contributed by atoms with van der Waals surface area (Å²) in [6.45, 7) is 0.533. The number of carbonyl (C=O) groups is 1. The van der Waals surface area contributed by atoms with Crippen LogP contribution in [0.25, 0.3) is 0 Å². The van der Waals surface area contributed by atoms with Gasteiger partial charge in [0.05, 0.1) is 5.60 Å². The van der Waals surface area contributed by atoms with Gasteiger partial charge in [0.2, 0.25) is 0 Å². The second kappa shape index (κ2) is 6.57. The van der Waals surface area contributed by atoms with Gasteiger partial charge in [-0.25, -0.2) is 4.79 Å². The van der Waals surface area contributed by atoms with Crippen molar-refractivity contribution in [2.24, 2.45) is 0 Å². The molecule has 4 nitrogen and oxygen atoms in total. The summed E-state index contributed by atoms with van der Waals surface area (Å²) in [5, 5.41) is 12.9. The Morgan fingerprint density at radius 2 is 1.89 bits per heavy atom. The predicted molar refractivity (Wildman–Crippen MR) is 72.7 cm³/mol. The van der Waals surface area contributed by atoms with Crippen LogP contribution >= 0.6 is 0 Å². The lowest BCUT2D eigenvalue weighted by atomic mass is 9.85. The fourth-order valence-electron chi connectivity index (χ4n) is 2.40. The number of carbonyl (C=O) groups excluding carboxylic acids is 1. The molecule has 0 bridgehead atoms. The van der Waals surface area contributed by atoms with E-state index in [9.17, 15) is 9.90 Å². The molecule has 1 aliphatic carbocycles. The highest BCUT2D eigenvalue weighted by molar-refractivity contribution is 5.67. The van der Waals surface area contributed by atoms with E-state index in [2.05, 4.69) is 5.32 Å². The Morgan fingerprint density at radius 1 is 1.21 bits per heavy atom. The number of amides is 1. The number of ether oxygens (including phenoxy) is 1. The maximum atomic E-state index is 11.6. The highest BCUT2D eigenvalue weighted by Gasteiger charge is 2.29. The first-order valence-electron chi connectivity index (χ1n) is 6.85. The van der Waals surface area contributed by atoms with Crippen LogP contribution in [0.5, 0.6) is 0 Å². The lowest BCUT2D eigenvalue weighted by molar-refractivity contribution is 0.00415. The lowest BCUT2D eigenvalue weighted by Crippen LogP contribution is -2.44. The Bertz CT molecular complexity index is 399. The van der Waals surface area contributed by atoms with E-state index >= 15 is 0 Å². The van der Waals surface area contributed by atoms with E-state index < -0.39 is 11.7 Å². The lowest BCUT2D eigenvalue weighted by Gasteiger charge is -2.31. The van der Waals surface area contributed by atoms with E-state index in [0.29, 0.717) is 0 Å². The molecule has 2 rings (SSSR count). The highest BCUT2D eigenvalue weighted by atomic mass is 16.5. The van der Waals surface area contributed by atoms with Gasteiger partial charge in [0.25, 0.3) is 0 Å². The summed E-state index contributed by atoms with van der Waals surface area (Å²) in [5.41, 5.74) is 0.207. The van der Waals surface area contributed by atoms with E-state index in [1.165, 1.54) is 6.42 Å². The van der Waals surface area contributed by atoms with E-state index in [1.54, 1.807) is 0 Å². The van der Waals surface area contributed by atoms with Crippen LogP contribution in [-0.4, -0.2) is 23.3 Å². The molecule has 0 heterocycles. The zero-order valence-electron chi connectivity index (χ0n) is 11.1. The summed E-state index contributed by atoms with van der Waals surface area (Å²) >= 11 is 0. The van der Waals surface area contributed by atoms with Crippen LogP contribution in [0.1, 0.15) is 37.7 Å². The Balaban J connectivity index is 1.70. The van der Waals surface area contributed by atoms with Crippen molar-refractivity contribution >= 4 is 6.09 Å². The summed E-state index contributed by atoms with van der Waals surface area (Å²) in [6, 6.07) is 9.54. The highest BCUT2D eigenvalue weighted by Crippen LogP contribution is 2.27. The third kappa shape index (κ3) is 4.56. The van der Waals surface area contributed by atoms with Crippen molar-refractivity contribution in [3.8, 4) is 0 Å². The molecular weight excluding hydrogens is 242 g/mol. The predicted octanol–water partition coefficient (Wildman–Crippen LogP) is 2.61. The molecule has 0 saturated heterocycles. The molecular formula is C15H21NO3. The first kappa shape index (κ1) is 13.9. The van der Waals surface area contributed by atoms with Gasteiger partial charge in [-0.15, -0.1) is 0 Å². The summed E-state index contributed by atoms with van der Waals surface area (Å²) < 4.78 is 5.10. The smallest absolute Gasteiger partial charge is 0.407 e. The fourth-order valence-corrected chi connectivity index (χ4v) is 2.40. The Morgan fingerprint density at radius 3 is 2.58 bits per heavy atom.